The molecule has 0 atom stereocenters. The number of rotatable bonds is 3. The number of aromatic nitrogens is 1. The smallest absolute Gasteiger partial charge is 0.241 e. The van der Waals surface area contributed by atoms with Gasteiger partial charge in [0.2, 0.25) is 0 Å². The third-order valence-corrected chi connectivity index (χ3v) is 5.92. The number of benzene rings is 2. The lowest BCUT2D eigenvalue weighted by Gasteiger charge is -2.11. The highest BCUT2D eigenvalue weighted by molar-refractivity contribution is 9.08. The Hall–Kier alpha value is -1.73. The largest absolute Gasteiger partial charge is 0.268 e. The first-order chi connectivity index (χ1) is 10.9. The van der Waals surface area contributed by atoms with Crippen molar-refractivity contribution in [1.82, 2.24) is 3.97 Å². The van der Waals surface area contributed by atoms with Gasteiger partial charge in [0, 0.05) is 16.9 Å². The number of hydrogen-bond acceptors (Lipinski definition) is 2. The monoisotopic (exact) mass is 399 g/mol. The van der Waals surface area contributed by atoms with Gasteiger partial charge < -0.3 is 0 Å². The van der Waals surface area contributed by atoms with Gasteiger partial charge in [0.25, 0.3) is 10.0 Å². The van der Waals surface area contributed by atoms with Crippen LogP contribution < -0.4 is 0 Å². The second-order valence-electron chi connectivity index (χ2n) is 5.16. The fourth-order valence-electron chi connectivity index (χ4n) is 2.45. The van der Waals surface area contributed by atoms with Crippen molar-refractivity contribution in [3.8, 4) is 0 Å². The van der Waals surface area contributed by atoms with Crippen LogP contribution in [0.2, 0.25) is 0 Å². The minimum Gasteiger partial charge on any atom is -0.241 e. The van der Waals surface area contributed by atoms with Crippen LogP contribution >= 0.6 is 15.9 Å². The minimum absolute atomic E-state index is 0.0601. The third-order valence-electron chi connectivity index (χ3n) is 3.63. The van der Waals surface area contributed by atoms with Crippen LogP contribution in [0.3, 0.4) is 0 Å². The molecular formula is C16H12BrF2NO2S. The van der Waals surface area contributed by atoms with E-state index in [2.05, 4.69) is 15.9 Å². The van der Waals surface area contributed by atoms with Crippen molar-refractivity contribution in [2.24, 2.45) is 0 Å². The second-order valence-corrected chi connectivity index (χ2v) is 7.53. The summed E-state index contributed by atoms with van der Waals surface area (Å²) in [4.78, 5) is 0.0888. The number of alkyl halides is 1. The van der Waals surface area contributed by atoms with Crippen molar-refractivity contribution in [1.29, 1.82) is 0 Å². The Labute approximate surface area is 140 Å². The van der Waals surface area contributed by atoms with Crippen molar-refractivity contribution in [2.75, 3.05) is 0 Å². The van der Waals surface area contributed by atoms with E-state index in [1.54, 1.807) is 12.1 Å². The maximum atomic E-state index is 14.0. The summed E-state index contributed by atoms with van der Waals surface area (Å²) in [6, 6.07) is 8.63. The van der Waals surface area contributed by atoms with Crippen LogP contribution in [0.4, 0.5) is 8.78 Å². The molecule has 0 saturated carbocycles. The zero-order valence-electron chi connectivity index (χ0n) is 12.1. The van der Waals surface area contributed by atoms with E-state index in [0.717, 1.165) is 15.6 Å². The topological polar surface area (TPSA) is 39.1 Å². The molecule has 0 saturated heterocycles. The summed E-state index contributed by atoms with van der Waals surface area (Å²) in [5.74, 6) is -2.06. The van der Waals surface area contributed by atoms with Gasteiger partial charge >= 0.3 is 0 Å². The molecule has 0 aliphatic heterocycles. The Morgan fingerprint density at radius 3 is 2.39 bits per heavy atom. The Kier molecular flexibility index (Phi) is 4.01. The molecule has 0 fully saturated rings. The lowest BCUT2D eigenvalue weighted by Crippen LogP contribution is -2.13. The van der Waals surface area contributed by atoms with Crippen LogP contribution in [0.15, 0.2) is 47.5 Å². The van der Waals surface area contributed by atoms with Crippen LogP contribution in [0, 0.1) is 18.6 Å². The molecule has 0 aliphatic rings. The van der Waals surface area contributed by atoms with Gasteiger partial charge in [-0.2, -0.15) is 0 Å². The van der Waals surface area contributed by atoms with Crippen LogP contribution in [-0.2, 0) is 15.4 Å². The molecule has 0 N–H and O–H groups in total. The zero-order valence-corrected chi connectivity index (χ0v) is 14.5. The van der Waals surface area contributed by atoms with Crippen molar-refractivity contribution in [3.63, 3.8) is 0 Å². The SMILES string of the molecule is Cc1ccc(S(=O)(=O)n2ccc3c(F)c(F)cc(CBr)c32)cc1. The number of aryl methyl sites for hydroxylation is 1. The lowest BCUT2D eigenvalue weighted by atomic mass is 10.1. The predicted octanol–water partition coefficient (Wildman–Crippen LogP) is 4.36. The molecule has 0 unspecified atom stereocenters. The van der Waals surface area contributed by atoms with Gasteiger partial charge in [-0.05, 0) is 36.8 Å². The van der Waals surface area contributed by atoms with Crippen molar-refractivity contribution in [2.45, 2.75) is 17.1 Å². The Morgan fingerprint density at radius 2 is 1.78 bits per heavy atom. The molecular weight excluding hydrogens is 388 g/mol. The van der Waals surface area contributed by atoms with Crippen LogP contribution in [0.25, 0.3) is 10.9 Å². The fourth-order valence-corrected chi connectivity index (χ4v) is 4.26. The van der Waals surface area contributed by atoms with Gasteiger partial charge in [0.1, 0.15) is 0 Å². The molecule has 0 radical (unpaired) electrons. The van der Waals surface area contributed by atoms with E-state index in [1.807, 2.05) is 6.92 Å². The third kappa shape index (κ3) is 2.57. The van der Waals surface area contributed by atoms with E-state index in [1.165, 1.54) is 24.4 Å². The molecule has 0 spiro atoms. The van der Waals surface area contributed by atoms with Crippen LogP contribution in [0.1, 0.15) is 11.1 Å². The molecule has 3 rings (SSSR count). The highest BCUT2D eigenvalue weighted by Gasteiger charge is 2.23. The first-order valence-electron chi connectivity index (χ1n) is 6.72. The predicted molar refractivity (Wildman–Crippen MR) is 88.2 cm³/mol. The van der Waals surface area contributed by atoms with E-state index in [4.69, 9.17) is 0 Å². The van der Waals surface area contributed by atoms with Gasteiger partial charge in [0.05, 0.1) is 10.4 Å². The molecule has 2 aromatic carbocycles. The van der Waals surface area contributed by atoms with E-state index >= 15 is 0 Å². The molecule has 23 heavy (non-hydrogen) atoms. The maximum Gasteiger partial charge on any atom is 0.268 e. The Bertz CT molecular complexity index is 995. The molecule has 7 heteroatoms. The Morgan fingerprint density at radius 1 is 1.13 bits per heavy atom. The molecule has 120 valence electrons. The summed E-state index contributed by atoms with van der Waals surface area (Å²) >= 11 is 3.19. The Balaban J connectivity index is 2.32. The summed E-state index contributed by atoms with van der Waals surface area (Å²) in [5, 5.41) is 0.142. The van der Waals surface area contributed by atoms with Crippen LogP contribution in [-0.4, -0.2) is 12.4 Å². The van der Waals surface area contributed by atoms with Gasteiger partial charge in [-0.3, -0.25) is 0 Å². The molecule has 0 bridgehead atoms. The lowest BCUT2D eigenvalue weighted by molar-refractivity contribution is 0.516. The molecule has 1 heterocycles. The van der Waals surface area contributed by atoms with Gasteiger partial charge in [-0.15, -0.1) is 0 Å². The molecule has 0 amide bonds. The zero-order chi connectivity index (χ0) is 16.8. The fraction of sp³-hybridized carbons (Fsp3) is 0.125. The van der Waals surface area contributed by atoms with Crippen molar-refractivity contribution in [3.05, 3.63) is 65.4 Å². The van der Waals surface area contributed by atoms with E-state index in [-0.39, 0.29) is 21.1 Å². The average Bonchev–Trinajstić information content (AvgIpc) is 2.97. The summed E-state index contributed by atoms with van der Waals surface area (Å²) < 4.78 is 54.2. The molecule has 1 aromatic heterocycles. The van der Waals surface area contributed by atoms with Gasteiger partial charge in [-0.25, -0.2) is 21.2 Å². The van der Waals surface area contributed by atoms with E-state index in [9.17, 15) is 17.2 Å². The summed E-state index contributed by atoms with van der Waals surface area (Å²) in [6.07, 6.45) is 1.24. The van der Waals surface area contributed by atoms with Crippen LogP contribution in [0.5, 0.6) is 0 Å². The molecule has 0 aliphatic carbocycles. The number of halogens is 3. The quantitative estimate of drug-likeness (QED) is 0.613. The maximum absolute atomic E-state index is 14.0. The average molecular weight is 400 g/mol. The highest BCUT2D eigenvalue weighted by Crippen LogP contribution is 2.30. The summed E-state index contributed by atoms with van der Waals surface area (Å²) in [5.41, 5.74) is 1.43. The van der Waals surface area contributed by atoms with Gasteiger partial charge in [-0.1, -0.05) is 33.6 Å². The second kappa shape index (κ2) is 5.72. The number of fused-ring (bicyclic) bond motifs is 1. The molecule has 3 aromatic rings. The number of hydrogen-bond donors (Lipinski definition) is 0. The summed E-state index contributed by atoms with van der Waals surface area (Å²) in [6.45, 7) is 1.85. The highest BCUT2D eigenvalue weighted by atomic mass is 79.9. The minimum atomic E-state index is -3.89. The van der Waals surface area contributed by atoms with E-state index < -0.39 is 21.7 Å². The van der Waals surface area contributed by atoms with E-state index in [0.29, 0.717) is 5.56 Å². The van der Waals surface area contributed by atoms with Gasteiger partial charge in [0.15, 0.2) is 11.6 Å². The van der Waals surface area contributed by atoms with Crippen molar-refractivity contribution >= 4 is 36.9 Å². The standard InChI is InChI=1S/C16H12BrF2NO2S/c1-10-2-4-12(5-3-10)23(21,22)20-7-6-13-15(19)14(18)8-11(9-17)16(13)20/h2-8H,9H2,1H3. The van der Waals surface area contributed by atoms with Crippen molar-refractivity contribution < 1.29 is 17.2 Å². The number of nitrogens with zero attached hydrogens (tertiary/aromatic N) is 1. The first kappa shape index (κ1) is 16.1. The molecule has 3 nitrogen and oxygen atoms in total. The normalized spacial score (nSPS) is 12.0. The first-order valence-corrected chi connectivity index (χ1v) is 9.28. The summed E-state index contributed by atoms with van der Waals surface area (Å²) in [7, 11) is -3.89.